The van der Waals surface area contributed by atoms with Gasteiger partial charge in [0.2, 0.25) is 5.91 Å². The van der Waals surface area contributed by atoms with Gasteiger partial charge in [0.15, 0.2) is 11.5 Å². The van der Waals surface area contributed by atoms with E-state index < -0.39 is 17.5 Å². The molecular weight excluding hydrogens is 420 g/mol. The van der Waals surface area contributed by atoms with E-state index >= 15 is 0 Å². The van der Waals surface area contributed by atoms with Gasteiger partial charge in [0.25, 0.3) is 0 Å². The maximum Gasteiger partial charge on any atom is 0.234 e. The molecule has 0 aliphatic carbocycles. The molecule has 4 rings (SSSR count). The Kier molecular flexibility index (Phi) is 5.41. The van der Waals surface area contributed by atoms with Gasteiger partial charge in [0, 0.05) is 16.7 Å². The molecule has 0 aliphatic heterocycles. The molecule has 0 atom stereocenters. The molecule has 0 spiro atoms. The molecule has 0 saturated heterocycles. The molecule has 0 fully saturated rings. The highest BCUT2D eigenvalue weighted by molar-refractivity contribution is 7.99. The number of fused-ring (bicyclic) bond motifs is 1. The van der Waals surface area contributed by atoms with Gasteiger partial charge in [0.1, 0.15) is 16.7 Å². The first kappa shape index (κ1) is 19.3. The van der Waals surface area contributed by atoms with Crippen molar-refractivity contribution in [3.8, 4) is 11.4 Å². The Morgan fingerprint density at radius 1 is 1.07 bits per heavy atom. The van der Waals surface area contributed by atoms with Gasteiger partial charge >= 0.3 is 0 Å². The molecule has 2 heterocycles. The zero-order valence-electron chi connectivity index (χ0n) is 14.6. The topological polar surface area (TPSA) is 72.2 Å². The fourth-order valence-electron chi connectivity index (χ4n) is 2.54. The van der Waals surface area contributed by atoms with Gasteiger partial charge < -0.3 is 5.32 Å². The number of amides is 1. The Labute approximate surface area is 172 Å². The van der Waals surface area contributed by atoms with E-state index in [1.165, 1.54) is 6.07 Å². The summed E-state index contributed by atoms with van der Waals surface area (Å²) >= 11 is 7.09. The summed E-state index contributed by atoms with van der Waals surface area (Å²) in [5.41, 5.74) is 1.27. The van der Waals surface area contributed by atoms with Gasteiger partial charge in [-0.1, -0.05) is 23.4 Å². The lowest BCUT2D eigenvalue weighted by molar-refractivity contribution is -0.113. The van der Waals surface area contributed by atoms with Gasteiger partial charge in [-0.15, -0.1) is 10.2 Å². The molecule has 6 nitrogen and oxygen atoms in total. The number of halogens is 3. The molecule has 1 amide bonds. The van der Waals surface area contributed by atoms with Gasteiger partial charge in [-0.25, -0.2) is 8.78 Å². The molecule has 0 unspecified atom stereocenters. The van der Waals surface area contributed by atoms with E-state index in [9.17, 15) is 13.6 Å². The van der Waals surface area contributed by atoms with Crippen LogP contribution in [0, 0.1) is 11.6 Å². The Balaban J connectivity index is 1.49. The summed E-state index contributed by atoms with van der Waals surface area (Å²) in [5.74, 6) is -1.45. The summed E-state index contributed by atoms with van der Waals surface area (Å²) in [6, 6.07) is 13.5. The van der Waals surface area contributed by atoms with Crippen molar-refractivity contribution in [1.82, 2.24) is 19.8 Å². The van der Waals surface area contributed by atoms with Crippen LogP contribution in [0.4, 0.5) is 14.5 Å². The van der Waals surface area contributed by atoms with E-state index in [-0.39, 0.29) is 11.4 Å². The summed E-state index contributed by atoms with van der Waals surface area (Å²) in [7, 11) is 0. The average molecular weight is 432 g/mol. The van der Waals surface area contributed by atoms with Crippen molar-refractivity contribution < 1.29 is 13.6 Å². The van der Waals surface area contributed by atoms with Crippen molar-refractivity contribution in [1.29, 1.82) is 0 Å². The lowest BCUT2D eigenvalue weighted by Gasteiger charge is -2.06. The number of hydrogen-bond acceptors (Lipinski definition) is 5. The van der Waals surface area contributed by atoms with Crippen LogP contribution in [0.1, 0.15) is 0 Å². The minimum Gasteiger partial charge on any atom is -0.323 e. The van der Waals surface area contributed by atoms with E-state index in [4.69, 9.17) is 11.6 Å². The third kappa shape index (κ3) is 4.36. The van der Waals surface area contributed by atoms with Crippen LogP contribution < -0.4 is 5.32 Å². The number of carbonyl (C=O) groups is 1. The average Bonchev–Trinajstić information content (AvgIpc) is 3.12. The number of anilines is 1. The predicted octanol–water partition coefficient (Wildman–Crippen LogP) is 4.45. The van der Waals surface area contributed by atoms with Crippen molar-refractivity contribution >= 4 is 40.6 Å². The highest BCUT2D eigenvalue weighted by Crippen LogP contribution is 2.22. The standard InChI is InChI=1S/C19H12ClF2N5OS/c20-12-3-1-11(2-4-12)19-25-24-16-7-8-18(26-27(16)19)29-10-17(28)23-15-6-5-13(21)9-14(15)22/h1-9H,10H2,(H,23,28). The Morgan fingerprint density at radius 3 is 2.62 bits per heavy atom. The highest BCUT2D eigenvalue weighted by Gasteiger charge is 2.12. The summed E-state index contributed by atoms with van der Waals surface area (Å²) in [6.07, 6.45) is 0. The molecule has 10 heteroatoms. The minimum absolute atomic E-state index is 0.00622. The molecule has 1 N–H and O–H groups in total. The van der Waals surface area contributed by atoms with E-state index in [1.54, 1.807) is 28.8 Å². The predicted molar refractivity (Wildman–Crippen MR) is 107 cm³/mol. The molecule has 0 bridgehead atoms. The minimum atomic E-state index is -0.833. The molecule has 29 heavy (non-hydrogen) atoms. The number of carbonyl (C=O) groups excluding carboxylic acids is 1. The number of aromatic nitrogens is 4. The van der Waals surface area contributed by atoms with Crippen LogP contribution in [0.15, 0.2) is 59.6 Å². The van der Waals surface area contributed by atoms with Crippen molar-refractivity contribution in [2.75, 3.05) is 11.1 Å². The van der Waals surface area contributed by atoms with Crippen LogP contribution in [0.5, 0.6) is 0 Å². The number of nitrogens with one attached hydrogen (secondary N) is 1. The molecule has 146 valence electrons. The smallest absolute Gasteiger partial charge is 0.234 e. The Bertz CT molecular complexity index is 1200. The Morgan fingerprint density at radius 2 is 1.86 bits per heavy atom. The van der Waals surface area contributed by atoms with Crippen molar-refractivity contribution in [2.45, 2.75) is 5.03 Å². The maximum atomic E-state index is 13.6. The van der Waals surface area contributed by atoms with Gasteiger partial charge in [-0.2, -0.15) is 9.61 Å². The number of benzene rings is 2. The quantitative estimate of drug-likeness (QED) is 0.472. The fourth-order valence-corrected chi connectivity index (χ4v) is 3.33. The number of rotatable bonds is 5. The second-order valence-corrected chi connectivity index (χ2v) is 7.37. The van der Waals surface area contributed by atoms with Crippen LogP contribution in [0.2, 0.25) is 5.02 Å². The van der Waals surface area contributed by atoms with Gasteiger partial charge in [0.05, 0.1) is 11.4 Å². The second kappa shape index (κ2) is 8.14. The first-order valence-electron chi connectivity index (χ1n) is 8.36. The SMILES string of the molecule is O=C(CSc1ccc2nnc(-c3ccc(Cl)cc3)n2n1)Nc1ccc(F)cc1F. The summed E-state index contributed by atoms with van der Waals surface area (Å²) in [5, 5.41) is 16.3. The number of hydrogen-bond donors (Lipinski definition) is 1. The van der Waals surface area contributed by atoms with E-state index in [2.05, 4.69) is 20.6 Å². The van der Waals surface area contributed by atoms with Crippen LogP contribution in [0.25, 0.3) is 17.0 Å². The molecule has 4 aromatic rings. The van der Waals surface area contributed by atoms with E-state index in [0.29, 0.717) is 27.6 Å². The molecule has 0 aliphatic rings. The fraction of sp³-hybridized carbons (Fsp3) is 0.0526. The zero-order valence-corrected chi connectivity index (χ0v) is 16.2. The van der Waals surface area contributed by atoms with Gasteiger partial charge in [-0.3, -0.25) is 4.79 Å². The zero-order chi connectivity index (χ0) is 20.4. The first-order chi connectivity index (χ1) is 14.0. The van der Waals surface area contributed by atoms with Crippen molar-refractivity contribution in [3.05, 3.63) is 71.3 Å². The van der Waals surface area contributed by atoms with Crippen LogP contribution >= 0.6 is 23.4 Å². The maximum absolute atomic E-state index is 13.6. The molecule has 2 aromatic heterocycles. The molecule has 2 aromatic carbocycles. The summed E-state index contributed by atoms with van der Waals surface area (Å²) in [6.45, 7) is 0. The van der Waals surface area contributed by atoms with E-state index in [1.807, 2.05) is 12.1 Å². The third-order valence-electron chi connectivity index (χ3n) is 3.90. The second-order valence-electron chi connectivity index (χ2n) is 5.93. The largest absolute Gasteiger partial charge is 0.323 e. The van der Waals surface area contributed by atoms with Crippen LogP contribution in [0.3, 0.4) is 0 Å². The summed E-state index contributed by atoms with van der Waals surface area (Å²) in [4.78, 5) is 12.1. The summed E-state index contributed by atoms with van der Waals surface area (Å²) < 4.78 is 28.2. The lowest BCUT2D eigenvalue weighted by atomic mass is 10.2. The molecule has 0 radical (unpaired) electrons. The Hall–Kier alpha value is -3.04. The first-order valence-corrected chi connectivity index (χ1v) is 9.72. The number of thioether (sulfide) groups is 1. The van der Waals surface area contributed by atoms with Gasteiger partial charge in [-0.05, 0) is 48.5 Å². The van der Waals surface area contributed by atoms with Crippen LogP contribution in [-0.2, 0) is 4.79 Å². The van der Waals surface area contributed by atoms with Crippen molar-refractivity contribution in [3.63, 3.8) is 0 Å². The van der Waals surface area contributed by atoms with Crippen molar-refractivity contribution in [2.24, 2.45) is 0 Å². The molecular formula is C19H12ClF2N5OS. The van der Waals surface area contributed by atoms with Crippen LogP contribution in [-0.4, -0.2) is 31.5 Å². The molecule has 0 saturated carbocycles. The number of nitrogens with zero attached hydrogens (tertiary/aromatic N) is 4. The lowest BCUT2D eigenvalue weighted by Crippen LogP contribution is -2.15. The third-order valence-corrected chi connectivity index (χ3v) is 5.07. The normalized spacial score (nSPS) is 11.0. The monoisotopic (exact) mass is 431 g/mol. The van der Waals surface area contributed by atoms with E-state index in [0.717, 1.165) is 23.4 Å². The highest BCUT2D eigenvalue weighted by atomic mass is 35.5.